The Bertz CT molecular complexity index is 1330. The summed E-state index contributed by atoms with van der Waals surface area (Å²) in [5.41, 5.74) is 3.66. The molecule has 1 aromatic heterocycles. The van der Waals surface area contributed by atoms with Crippen molar-refractivity contribution < 1.29 is 23.1 Å². The summed E-state index contributed by atoms with van der Waals surface area (Å²) in [6, 6.07) is 15.3. The highest BCUT2D eigenvalue weighted by atomic mass is 32.2. The Kier molecular flexibility index (Phi) is 6.25. The highest BCUT2D eigenvalue weighted by molar-refractivity contribution is 7.92. The summed E-state index contributed by atoms with van der Waals surface area (Å²) >= 11 is 0. The first-order valence-electron chi connectivity index (χ1n) is 10.6. The van der Waals surface area contributed by atoms with Gasteiger partial charge < -0.3 is 10.0 Å². The van der Waals surface area contributed by atoms with E-state index in [0.717, 1.165) is 22.9 Å². The van der Waals surface area contributed by atoms with Gasteiger partial charge in [0.05, 0.1) is 30.1 Å². The molecule has 0 aliphatic carbocycles. The van der Waals surface area contributed by atoms with Gasteiger partial charge in [0, 0.05) is 24.6 Å². The molecule has 0 saturated carbocycles. The minimum Gasteiger partial charge on any atom is -0.465 e. The molecule has 176 valence electrons. The number of carbonyl (C=O) groups excluding carboxylic acids is 1. The first-order chi connectivity index (χ1) is 16.1. The molecular weight excluding hydrogens is 456 g/mol. The van der Waals surface area contributed by atoms with Crippen molar-refractivity contribution in [3.05, 3.63) is 72.6 Å². The number of pyridine rings is 1. The lowest BCUT2D eigenvalue weighted by Gasteiger charge is -2.40. The van der Waals surface area contributed by atoms with Gasteiger partial charge >= 0.3 is 6.09 Å². The number of nitrogens with zero attached hydrogens (tertiary/aromatic N) is 3. The van der Waals surface area contributed by atoms with E-state index in [-0.39, 0.29) is 24.9 Å². The van der Waals surface area contributed by atoms with Crippen LogP contribution in [0, 0.1) is 0 Å². The highest BCUT2D eigenvalue weighted by Gasteiger charge is 2.35. The monoisotopic (exact) mass is 480 g/mol. The number of sulfonamides is 1. The number of carbonyl (C=O) groups is 2. The minimum absolute atomic E-state index is 0.141. The van der Waals surface area contributed by atoms with Gasteiger partial charge in [-0.25, -0.2) is 13.2 Å². The fourth-order valence-electron chi connectivity index (χ4n) is 4.07. The topological polar surface area (TPSA) is 120 Å². The van der Waals surface area contributed by atoms with E-state index in [9.17, 15) is 23.1 Å². The second-order valence-electron chi connectivity index (χ2n) is 8.20. The number of benzene rings is 2. The van der Waals surface area contributed by atoms with Crippen molar-refractivity contribution >= 4 is 39.1 Å². The summed E-state index contributed by atoms with van der Waals surface area (Å²) in [5.74, 6) is -0.143. The molecule has 3 aromatic rings. The maximum Gasteiger partial charge on any atom is 0.411 e. The Labute approximate surface area is 197 Å². The predicted molar refractivity (Wildman–Crippen MR) is 131 cm³/mol. The van der Waals surface area contributed by atoms with Crippen LogP contribution in [0.5, 0.6) is 0 Å². The summed E-state index contributed by atoms with van der Waals surface area (Å²) in [4.78, 5) is 32.2. The van der Waals surface area contributed by atoms with Gasteiger partial charge in [-0.15, -0.1) is 0 Å². The standard InChI is InChI=1S/C24H24N4O5S/c1-16-15-27(24(30)31)22-13-19(18-5-8-20(9-6-18)26-34(2,32)33)7-10-21(22)28(16)23(29)12-17-4-3-11-25-14-17/h3-11,13-14,16,26H,12,15H2,1-2H3,(H,30,31)/t16-/m0/s1. The van der Waals surface area contributed by atoms with Crippen molar-refractivity contribution in [2.45, 2.75) is 19.4 Å². The average Bonchev–Trinajstić information content (AvgIpc) is 2.78. The Morgan fingerprint density at radius 3 is 2.41 bits per heavy atom. The first kappa shape index (κ1) is 23.2. The van der Waals surface area contributed by atoms with E-state index in [1.54, 1.807) is 59.8 Å². The molecule has 1 aliphatic heterocycles. The molecule has 2 heterocycles. The van der Waals surface area contributed by atoms with Gasteiger partial charge in [0.15, 0.2) is 0 Å². The second-order valence-corrected chi connectivity index (χ2v) is 9.95. The normalized spacial score (nSPS) is 15.5. The molecule has 1 atom stereocenters. The van der Waals surface area contributed by atoms with Gasteiger partial charge in [-0.2, -0.15) is 0 Å². The van der Waals surface area contributed by atoms with E-state index >= 15 is 0 Å². The van der Waals surface area contributed by atoms with Gasteiger partial charge in [-0.1, -0.05) is 24.3 Å². The van der Waals surface area contributed by atoms with Gasteiger partial charge in [0.1, 0.15) is 0 Å². The zero-order valence-corrected chi connectivity index (χ0v) is 19.5. The molecule has 2 aromatic carbocycles. The fourth-order valence-corrected chi connectivity index (χ4v) is 4.64. The van der Waals surface area contributed by atoms with Gasteiger partial charge in [0.2, 0.25) is 15.9 Å². The molecule has 10 heteroatoms. The van der Waals surface area contributed by atoms with Crippen molar-refractivity contribution in [2.24, 2.45) is 0 Å². The molecule has 2 N–H and O–H groups in total. The van der Waals surface area contributed by atoms with Crippen LogP contribution >= 0.6 is 0 Å². The highest BCUT2D eigenvalue weighted by Crippen LogP contribution is 2.39. The molecule has 0 unspecified atom stereocenters. The molecule has 0 bridgehead atoms. The van der Waals surface area contributed by atoms with Crippen LogP contribution in [-0.2, 0) is 21.2 Å². The Balaban J connectivity index is 1.69. The second kappa shape index (κ2) is 9.14. The van der Waals surface area contributed by atoms with E-state index < -0.39 is 16.1 Å². The Morgan fingerprint density at radius 1 is 1.09 bits per heavy atom. The SMILES string of the molecule is C[C@H]1CN(C(=O)O)c2cc(-c3ccc(NS(C)(=O)=O)cc3)ccc2N1C(=O)Cc1cccnc1. The number of hydrogen-bond acceptors (Lipinski definition) is 5. The molecule has 9 nitrogen and oxygen atoms in total. The summed E-state index contributed by atoms with van der Waals surface area (Å²) < 4.78 is 25.3. The lowest BCUT2D eigenvalue weighted by Crippen LogP contribution is -2.52. The summed E-state index contributed by atoms with van der Waals surface area (Å²) in [6.07, 6.45) is 3.41. The number of anilines is 3. The zero-order valence-electron chi connectivity index (χ0n) is 18.7. The number of fused-ring (bicyclic) bond motifs is 1. The van der Waals surface area contributed by atoms with Crippen molar-refractivity contribution in [1.82, 2.24) is 4.98 Å². The Hall–Kier alpha value is -3.92. The van der Waals surface area contributed by atoms with Crippen LogP contribution in [0.1, 0.15) is 12.5 Å². The van der Waals surface area contributed by atoms with E-state index in [4.69, 9.17) is 0 Å². The van der Waals surface area contributed by atoms with E-state index in [1.165, 1.54) is 4.90 Å². The molecular formula is C24H24N4O5S. The minimum atomic E-state index is -3.39. The molecule has 0 radical (unpaired) electrons. The zero-order chi connectivity index (χ0) is 24.5. The molecule has 2 amide bonds. The molecule has 34 heavy (non-hydrogen) atoms. The quantitative estimate of drug-likeness (QED) is 0.576. The van der Waals surface area contributed by atoms with Crippen LogP contribution in [0.3, 0.4) is 0 Å². The summed E-state index contributed by atoms with van der Waals surface area (Å²) in [6.45, 7) is 1.96. The first-order valence-corrected chi connectivity index (χ1v) is 12.5. The van der Waals surface area contributed by atoms with Crippen LogP contribution < -0.4 is 14.5 Å². The van der Waals surface area contributed by atoms with E-state index in [2.05, 4.69) is 9.71 Å². The van der Waals surface area contributed by atoms with Crippen molar-refractivity contribution in [3.8, 4) is 11.1 Å². The van der Waals surface area contributed by atoms with Crippen molar-refractivity contribution in [1.29, 1.82) is 0 Å². The number of carboxylic acid groups (broad SMARTS) is 1. The largest absolute Gasteiger partial charge is 0.465 e. The number of aromatic nitrogens is 1. The number of amides is 2. The lowest BCUT2D eigenvalue weighted by molar-refractivity contribution is -0.118. The fraction of sp³-hybridized carbons (Fsp3) is 0.208. The Morgan fingerprint density at radius 2 is 1.79 bits per heavy atom. The number of nitrogens with one attached hydrogen (secondary N) is 1. The molecule has 0 spiro atoms. The van der Waals surface area contributed by atoms with Gasteiger partial charge in [0.25, 0.3) is 0 Å². The van der Waals surface area contributed by atoms with Crippen LogP contribution in [0.25, 0.3) is 11.1 Å². The van der Waals surface area contributed by atoms with Crippen LogP contribution in [-0.4, -0.2) is 49.4 Å². The van der Waals surface area contributed by atoms with E-state index in [0.29, 0.717) is 17.1 Å². The van der Waals surface area contributed by atoms with Crippen molar-refractivity contribution in [2.75, 3.05) is 27.3 Å². The van der Waals surface area contributed by atoms with Crippen molar-refractivity contribution in [3.63, 3.8) is 0 Å². The van der Waals surface area contributed by atoms with Crippen LogP contribution in [0.15, 0.2) is 67.0 Å². The summed E-state index contributed by atoms with van der Waals surface area (Å²) in [7, 11) is -3.39. The summed E-state index contributed by atoms with van der Waals surface area (Å²) in [5, 5.41) is 9.82. The third kappa shape index (κ3) is 5.01. The van der Waals surface area contributed by atoms with E-state index in [1.807, 2.05) is 19.1 Å². The third-order valence-electron chi connectivity index (χ3n) is 5.51. The van der Waals surface area contributed by atoms with Crippen LogP contribution in [0.4, 0.5) is 21.9 Å². The van der Waals surface area contributed by atoms with Crippen LogP contribution in [0.2, 0.25) is 0 Å². The predicted octanol–water partition coefficient (Wildman–Crippen LogP) is 3.58. The maximum absolute atomic E-state index is 13.2. The molecule has 0 fully saturated rings. The average molecular weight is 481 g/mol. The number of hydrogen-bond donors (Lipinski definition) is 2. The maximum atomic E-state index is 13.2. The van der Waals surface area contributed by atoms with Gasteiger partial charge in [-0.05, 0) is 53.9 Å². The molecule has 1 aliphatic rings. The third-order valence-corrected chi connectivity index (χ3v) is 6.12. The molecule has 0 saturated heterocycles. The molecule has 4 rings (SSSR count). The lowest BCUT2D eigenvalue weighted by atomic mass is 10.00. The number of rotatable bonds is 5. The van der Waals surface area contributed by atoms with Gasteiger partial charge in [-0.3, -0.25) is 19.4 Å². The smallest absolute Gasteiger partial charge is 0.411 e.